The Morgan fingerprint density at radius 3 is 2.71 bits per heavy atom. The molecule has 0 bridgehead atoms. The summed E-state index contributed by atoms with van der Waals surface area (Å²) >= 11 is 0. The van der Waals surface area contributed by atoms with Crippen molar-refractivity contribution in [2.45, 2.75) is 52.8 Å². The van der Waals surface area contributed by atoms with Gasteiger partial charge in [0.1, 0.15) is 11.3 Å². The smallest absolute Gasteiger partial charge is 0.410 e. The molecule has 6 heteroatoms. The minimum Gasteiger partial charge on any atom is -0.444 e. The van der Waals surface area contributed by atoms with Crippen LogP contribution >= 0.6 is 0 Å². The maximum Gasteiger partial charge on any atom is 0.410 e. The van der Waals surface area contributed by atoms with Gasteiger partial charge >= 0.3 is 6.09 Å². The predicted octanol–water partition coefficient (Wildman–Crippen LogP) is 3.39. The van der Waals surface area contributed by atoms with E-state index in [1.807, 2.05) is 50.6 Å². The van der Waals surface area contributed by atoms with Gasteiger partial charge in [-0.2, -0.15) is 5.10 Å². The molecule has 0 N–H and O–H groups in total. The van der Waals surface area contributed by atoms with Crippen LogP contribution in [-0.2, 0) is 17.8 Å². The highest BCUT2D eigenvalue weighted by Crippen LogP contribution is 2.26. The van der Waals surface area contributed by atoms with E-state index in [0.29, 0.717) is 13.1 Å². The maximum atomic E-state index is 12.4. The number of hydrogen-bond acceptors (Lipinski definition) is 4. The van der Waals surface area contributed by atoms with E-state index in [-0.39, 0.29) is 6.09 Å². The summed E-state index contributed by atoms with van der Waals surface area (Å²) in [6, 6.07) is 5.81. The van der Waals surface area contributed by atoms with Gasteiger partial charge in [-0.25, -0.2) is 4.79 Å². The first-order valence-electron chi connectivity index (χ1n) is 8.31. The number of amides is 1. The van der Waals surface area contributed by atoms with Crippen molar-refractivity contribution in [1.82, 2.24) is 19.7 Å². The Kier molecular flexibility index (Phi) is 4.30. The van der Waals surface area contributed by atoms with Crippen molar-refractivity contribution in [2.75, 3.05) is 6.54 Å². The molecule has 0 fully saturated rings. The molecule has 0 aromatic carbocycles. The van der Waals surface area contributed by atoms with Gasteiger partial charge in [-0.05, 0) is 46.2 Å². The van der Waals surface area contributed by atoms with Gasteiger partial charge in [-0.1, -0.05) is 6.07 Å². The molecule has 0 saturated carbocycles. The molecule has 6 nitrogen and oxygen atoms in total. The summed E-state index contributed by atoms with van der Waals surface area (Å²) < 4.78 is 7.53. The van der Waals surface area contributed by atoms with Gasteiger partial charge in [-0.15, -0.1) is 0 Å². The van der Waals surface area contributed by atoms with E-state index in [0.717, 1.165) is 35.6 Å². The lowest BCUT2D eigenvalue weighted by Gasteiger charge is -2.26. The van der Waals surface area contributed by atoms with Crippen LogP contribution in [0.2, 0.25) is 0 Å². The van der Waals surface area contributed by atoms with E-state index in [1.165, 1.54) is 0 Å². The molecule has 3 heterocycles. The van der Waals surface area contributed by atoms with E-state index in [2.05, 4.69) is 4.98 Å². The largest absolute Gasteiger partial charge is 0.444 e. The second-order valence-electron chi connectivity index (χ2n) is 7.11. The lowest BCUT2D eigenvalue weighted by Crippen LogP contribution is -2.36. The third-order valence-electron chi connectivity index (χ3n) is 4.02. The molecule has 0 radical (unpaired) electrons. The Morgan fingerprint density at radius 1 is 1.25 bits per heavy atom. The van der Waals surface area contributed by atoms with Gasteiger partial charge in [0, 0.05) is 24.8 Å². The van der Waals surface area contributed by atoms with Gasteiger partial charge in [0.2, 0.25) is 0 Å². The van der Waals surface area contributed by atoms with Crippen LogP contribution < -0.4 is 0 Å². The average molecular weight is 328 g/mol. The molecule has 0 aliphatic carbocycles. The Morgan fingerprint density at radius 2 is 2.04 bits per heavy atom. The number of ether oxygens (including phenoxy) is 1. The quantitative estimate of drug-likeness (QED) is 0.805. The molecule has 2 aromatic rings. The van der Waals surface area contributed by atoms with Crippen molar-refractivity contribution in [3.8, 4) is 11.4 Å². The highest BCUT2D eigenvalue weighted by molar-refractivity contribution is 5.68. The van der Waals surface area contributed by atoms with Crippen LogP contribution in [0.1, 0.15) is 38.4 Å². The van der Waals surface area contributed by atoms with Crippen LogP contribution in [-0.4, -0.2) is 37.9 Å². The molecule has 0 spiro atoms. The van der Waals surface area contributed by atoms with Crippen LogP contribution in [0.25, 0.3) is 11.4 Å². The van der Waals surface area contributed by atoms with Crippen molar-refractivity contribution in [3.05, 3.63) is 35.7 Å². The molecule has 128 valence electrons. The number of carbonyl (C=O) groups is 1. The number of aromatic nitrogens is 3. The van der Waals surface area contributed by atoms with Crippen LogP contribution in [0.15, 0.2) is 24.4 Å². The second-order valence-corrected chi connectivity index (χ2v) is 7.11. The number of pyridine rings is 1. The number of nitrogens with zero attached hydrogens (tertiary/aromatic N) is 4. The zero-order valence-electron chi connectivity index (χ0n) is 14.7. The van der Waals surface area contributed by atoms with Crippen LogP contribution in [0.4, 0.5) is 4.79 Å². The molecular weight excluding hydrogens is 304 g/mol. The molecule has 0 unspecified atom stereocenters. The zero-order chi connectivity index (χ0) is 17.3. The molecule has 24 heavy (non-hydrogen) atoms. The minimum absolute atomic E-state index is 0.268. The van der Waals surface area contributed by atoms with Gasteiger partial charge in [0.25, 0.3) is 0 Å². The fourth-order valence-electron chi connectivity index (χ4n) is 2.87. The predicted molar refractivity (Wildman–Crippen MR) is 91.5 cm³/mol. The van der Waals surface area contributed by atoms with E-state index in [4.69, 9.17) is 9.84 Å². The van der Waals surface area contributed by atoms with Crippen molar-refractivity contribution in [2.24, 2.45) is 0 Å². The summed E-state index contributed by atoms with van der Waals surface area (Å²) in [5.74, 6) is 0. The minimum atomic E-state index is -0.488. The van der Waals surface area contributed by atoms with E-state index >= 15 is 0 Å². The second kappa shape index (κ2) is 6.26. The van der Waals surface area contributed by atoms with Gasteiger partial charge in [-0.3, -0.25) is 9.67 Å². The van der Waals surface area contributed by atoms with E-state index < -0.39 is 5.60 Å². The Bertz CT molecular complexity index is 731. The summed E-state index contributed by atoms with van der Waals surface area (Å²) in [5.41, 5.74) is 3.39. The Balaban J connectivity index is 1.88. The van der Waals surface area contributed by atoms with Crippen molar-refractivity contribution in [3.63, 3.8) is 0 Å². The molecule has 1 aliphatic heterocycles. The number of carbonyl (C=O) groups excluding carboxylic acids is 1. The van der Waals surface area contributed by atoms with Crippen LogP contribution in [0.5, 0.6) is 0 Å². The molecule has 2 aromatic heterocycles. The lowest BCUT2D eigenvalue weighted by molar-refractivity contribution is 0.0236. The van der Waals surface area contributed by atoms with E-state index in [9.17, 15) is 4.79 Å². The topological polar surface area (TPSA) is 60.2 Å². The maximum absolute atomic E-state index is 12.4. The van der Waals surface area contributed by atoms with Crippen molar-refractivity contribution in [1.29, 1.82) is 0 Å². The highest BCUT2D eigenvalue weighted by atomic mass is 16.6. The van der Waals surface area contributed by atoms with Crippen LogP contribution in [0, 0.1) is 6.92 Å². The lowest BCUT2D eigenvalue weighted by atomic mass is 10.1. The number of hydrogen-bond donors (Lipinski definition) is 0. The number of rotatable bonds is 1. The third-order valence-corrected chi connectivity index (χ3v) is 4.02. The fourth-order valence-corrected chi connectivity index (χ4v) is 2.87. The monoisotopic (exact) mass is 328 g/mol. The Labute approximate surface area is 142 Å². The van der Waals surface area contributed by atoms with Crippen molar-refractivity contribution >= 4 is 6.09 Å². The van der Waals surface area contributed by atoms with Gasteiger partial charge in [0.15, 0.2) is 0 Å². The standard InChI is InChI=1S/C18H24N4O2/c1-13-15-12-21(17(23)24-18(2,3)4)10-7-11-22(15)20-16(13)14-8-5-6-9-19-14/h5-6,8-9H,7,10-12H2,1-4H3. The third kappa shape index (κ3) is 3.42. The average Bonchev–Trinajstić information content (AvgIpc) is 2.70. The molecule has 0 saturated heterocycles. The number of aryl methyl sites for hydroxylation is 1. The highest BCUT2D eigenvalue weighted by Gasteiger charge is 2.27. The summed E-state index contributed by atoms with van der Waals surface area (Å²) in [6.07, 6.45) is 2.36. The zero-order valence-corrected chi connectivity index (χ0v) is 14.7. The summed E-state index contributed by atoms with van der Waals surface area (Å²) in [4.78, 5) is 18.6. The number of fused-ring (bicyclic) bond motifs is 1. The first kappa shape index (κ1) is 16.5. The molecule has 1 amide bonds. The summed E-state index contributed by atoms with van der Waals surface area (Å²) in [6.45, 7) is 9.69. The van der Waals surface area contributed by atoms with Crippen LogP contribution in [0.3, 0.4) is 0 Å². The molecule has 3 rings (SSSR count). The molecular formula is C18H24N4O2. The normalized spacial score (nSPS) is 14.9. The molecule has 0 atom stereocenters. The van der Waals surface area contributed by atoms with Crippen molar-refractivity contribution < 1.29 is 9.53 Å². The molecule has 1 aliphatic rings. The fraction of sp³-hybridized carbons (Fsp3) is 0.500. The summed E-state index contributed by atoms with van der Waals surface area (Å²) in [5, 5.41) is 4.72. The summed E-state index contributed by atoms with van der Waals surface area (Å²) in [7, 11) is 0. The first-order valence-corrected chi connectivity index (χ1v) is 8.31. The van der Waals surface area contributed by atoms with Gasteiger partial charge in [0.05, 0.1) is 17.9 Å². The SMILES string of the molecule is Cc1c(-c2ccccn2)nn2c1CN(C(=O)OC(C)(C)C)CCC2. The first-order chi connectivity index (χ1) is 11.3. The van der Waals surface area contributed by atoms with E-state index in [1.54, 1.807) is 11.1 Å². The Hall–Kier alpha value is -2.37. The van der Waals surface area contributed by atoms with Gasteiger partial charge < -0.3 is 9.64 Å².